The van der Waals surface area contributed by atoms with Crippen LogP contribution in [0.4, 0.5) is 52.7 Å². The molecule has 2 atom stereocenters. The third-order valence-corrected chi connectivity index (χ3v) is 8.70. The minimum atomic E-state index is -6.27. The largest absolute Gasteiger partial charge is 0.573 e. The van der Waals surface area contributed by atoms with Crippen LogP contribution in [-0.2, 0) is 21.8 Å². The molecule has 3 aromatic rings. The molecule has 0 saturated carbocycles. The van der Waals surface area contributed by atoms with Gasteiger partial charge in [-0.25, -0.2) is 0 Å². The van der Waals surface area contributed by atoms with Crippen LogP contribution in [0.1, 0.15) is 78.6 Å². The zero-order chi connectivity index (χ0) is 44.9. The SMILES string of the molecule is N#CC1=C(OC(F)(F)F)/C(=C(\C#N)c2cc(C#N)cc(C#N)c2)c2c1c(C(F)(F)F)c1c(c2C(F)(F)F)C(C(C#N)c2cc(C#N)cc(C#N)c2)C(OC(F)(F)F)=C1C#N. The zero-order valence-electron chi connectivity index (χ0n) is 28.5. The molecule has 0 saturated heterocycles. The molecule has 0 aromatic heterocycles. The van der Waals surface area contributed by atoms with E-state index in [1.807, 2.05) is 0 Å². The number of ether oxygens (including phenoxy) is 2. The zero-order valence-corrected chi connectivity index (χ0v) is 28.5. The lowest BCUT2D eigenvalue weighted by Crippen LogP contribution is -2.24. The van der Waals surface area contributed by atoms with Gasteiger partial charge in [0.2, 0.25) is 0 Å². The van der Waals surface area contributed by atoms with Gasteiger partial charge in [0.05, 0.1) is 86.7 Å². The first-order valence-corrected chi connectivity index (χ1v) is 15.6. The minimum Gasteiger partial charge on any atom is -0.408 e. The fourth-order valence-corrected chi connectivity index (χ4v) is 6.88. The summed E-state index contributed by atoms with van der Waals surface area (Å²) < 4.78 is 187. The van der Waals surface area contributed by atoms with Crippen molar-refractivity contribution in [1.82, 2.24) is 0 Å². The third-order valence-electron chi connectivity index (χ3n) is 8.70. The predicted octanol–water partition coefficient (Wildman–Crippen LogP) is 9.61. The van der Waals surface area contributed by atoms with Crippen molar-refractivity contribution in [3.63, 3.8) is 0 Å². The van der Waals surface area contributed by atoms with Crippen LogP contribution in [0.2, 0.25) is 0 Å². The molecule has 0 spiro atoms. The summed E-state index contributed by atoms with van der Waals surface area (Å²) >= 11 is 0. The molecule has 22 heteroatoms. The van der Waals surface area contributed by atoms with Crippen LogP contribution in [0.15, 0.2) is 47.9 Å². The number of benzene rings is 3. The summed E-state index contributed by atoms with van der Waals surface area (Å²) in [5, 5.41) is 79.1. The van der Waals surface area contributed by atoms with Crippen molar-refractivity contribution in [3.8, 4) is 48.6 Å². The molecule has 10 nitrogen and oxygen atoms in total. The molecule has 0 amide bonds. The quantitative estimate of drug-likeness (QED) is 0.175. The number of rotatable bonds is 5. The van der Waals surface area contributed by atoms with E-state index in [0.717, 1.165) is 24.3 Å². The lowest BCUT2D eigenvalue weighted by molar-refractivity contribution is -0.307. The summed E-state index contributed by atoms with van der Waals surface area (Å²) in [6.45, 7) is 0. The first-order valence-electron chi connectivity index (χ1n) is 15.6. The number of nitriles is 8. The van der Waals surface area contributed by atoms with Crippen molar-refractivity contribution in [2.45, 2.75) is 36.9 Å². The molecule has 2 aliphatic carbocycles. The van der Waals surface area contributed by atoms with Gasteiger partial charge >= 0.3 is 25.1 Å². The van der Waals surface area contributed by atoms with Gasteiger partial charge in [0, 0.05) is 22.3 Å². The van der Waals surface area contributed by atoms with Gasteiger partial charge in [0.1, 0.15) is 29.5 Å². The van der Waals surface area contributed by atoms with Crippen molar-refractivity contribution in [2.24, 2.45) is 0 Å². The molecule has 60 heavy (non-hydrogen) atoms. The second kappa shape index (κ2) is 14.8. The Morgan fingerprint density at radius 1 is 0.533 bits per heavy atom. The average Bonchev–Trinajstić information content (AvgIpc) is 3.61. The Balaban J connectivity index is 2.21. The van der Waals surface area contributed by atoms with E-state index in [2.05, 4.69) is 9.47 Å². The van der Waals surface area contributed by atoms with Crippen molar-refractivity contribution >= 4 is 22.3 Å². The Hall–Kier alpha value is -8.44. The van der Waals surface area contributed by atoms with Crippen LogP contribution in [0, 0.1) is 90.6 Å². The normalized spacial score (nSPS) is 16.0. The fourth-order valence-electron chi connectivity index (χ4n) is 6.88. The molecule has 5 rings (SSSR count). The summed E-state index contributed by atoms with van der Waals surface area (Å²) in [6.07, 6.45) is -24.7. The molecule has 2 unspecified atom stereocenters. The van der Waals surface area contributed by atoms with E-state index in [1.54, 1.807) is 0 Å². The number of fused-ring (bicyclic) bond motifs is 2. The predicted molar refractivity (Wildman–Crippen MR) is 171 cm³/mol. The summed E-state index contributed by atoms with van der Waals surface area (Å²) in [5.41, 5.74) is -25.1. The molecular weight excluding hydrogens is 828 g/mol. The van der Waals surface area contributed by atoms with Gasteiger partial charge in [-0.15, -0.1) is 26.3 Å². The van der Waals surface area contributed by atoms with E-state index in [4.69, 9.17) is 0 Å². The highest BCUT2D eigenvalue weighted by Gasteiger charge is 2.58. The highest BCUT2D eigenvalue weighted by atomic mass is 19.4. The van der Waals surface area contributed by atoms with Crippen molar-refractivity contribution in [2.75, 3.05) is 0 Å². The Labute approximate surface area is 326 Å². The van der Waals surface area contributed by atoms with Gasteiger partial charge in [0.25, 0.3) is 0 Å². The van der Waals surface area contributed by atoms with Gasteiger partial charge in [0.15, 0.2) is 5.76 Å². The Morgan fingerprint density at radius 2 is 1.00 bits per heavy atom. The molecule has 0 N–H and O–H groups in total. The topological polar surface area (TPSA) is 209 Å². The highest BCUT2D eigenvalue weighted by Crippen LogP contribution is 2.63. The molecule has 0 bridgehead atoms. The number of alkyl halides is 12. The average molecular weight is 837 g/mol. The van der Waals surface area contributed by atoms with E-state index >= 15 is 26.3 Å². The third kappa shape index (κ3) is 7.41. The van der Waals surface area contributed by atoms with Gasteiger partial charge < -0.3 is 9.47 Å². The van der Waals surface area contributed by atoms with Gasteiger partial charge in [-0.05, 0) is 53.1 Å². The van der Waals surface area contributed by atoms with Crippen molar-refractivity contribution < 1.29 is 62.2 Å². The molecule has 0 fully saturated rings. The molecule has 0 aliphatic heterocycles. The van der Waals surface area contributed by atoms with Crippen LogP contribution >= 0.6 is 0 Å². The maximum absolute atomic E-state index is 15.9. The Morgan fingerprint density at radius 3 is 1.38 bits per heavy atom. The number of hydrogen-bond acceptors (Lipinski definition) is 10. The number of allylic oxidation sites excluding steroid dienone is 5. The number of nitrogens with zero attached hydrogens (tertiary/aromatic N) is 8. The van der Waals surface area contributed by atoms with Crippen LogP contribution in [0.5, 0.6) is 0 Å². The molecule has 2 aliphatic rings. The van der Waals surface area contributed by atoms with Gasteiger partial charge in [-0.1, -0.05) is 0 Å². The van der Waals surface area contributed by atoms with Crippen molar-refractivity contribution in [3.05, 3.63) is 115 Å². The fraction of sp³-hybridized carbons (Fsp3) is 0.158. The maximum Gasteiger partial charge on any atom is 0.573 e. The van der Waals surface area contributed by atoms with E-state index in [1.165, 1.54) is 36.4 Å². The number of hydrogen-bond donors (Lipinski definition) is 0. The van der Waals surface area contributed by atoms with Gasteiger partial charge in [-0.3, -0.25) is 0 Å². The summed E-state index contributed by atoms with van der Waals surface area (Å²) in [7, 11) is 0. The van der Waals surface area contributed by atoms with Crippen LogP contribution in [0.3, 0.4) is 0 Å². The summed E-state index contributed by atoms with van der Waals surface area (Å²) in [6, 6.07) is 14.5. The van der Waals surface area contributed by atoms with Crippen LogP contribution < -0.4 is 0 Å². The molecule has 0 radical (unpaired) electrons. The first-order chi connectivity index (χ1) is 27.9. The van der Waals surface area contributed by atoms with Gasteiger partial charge in [-0.2, -0.15) is 68.4 Å². The second-order valence-corrected chi connectivity index (χ2v) is 12.1. The molecule has 0 heterocycles. The summed E-state index contributed by atoms with van der Waals surface area (Å²) in [4.78, 5) is 0. The summed E-state index contributed by atoms with van der Waals surface area (Å²) in [5.74, 6) is -10.1. The number of halogens is 12. The standard InChI is InChI=1S/C38H8F12N8O2/c39-35(40,41)31-25-23(13-57)33(59-37(45,46)47)27(21(11-55)19-3-15(7-51)1-16(4-19)8-52)29(25)32(36(42,43)44)30-26(31)24(14-58)34(60-38(48,49)50)28(30)22(12-56)20-5-17(9-53)2-18(6-20)10-54/h1-6,21,27H/b28-22+. The first kappa shape index (κ1) is 42.7. The lowest BCUT2D eigenvalue weighted by atomic mass is 9.76. The van der Waals surface area contributed by atoms with E-state index in [9.17, 15) is 68.4 Å². The highest BCUT2D eigenvalue weighted by molar-refractivity contribution is 6.16. The van der Waals surface area contributed by atoms with Crippen molar-refractivity contribution in [1.29, 1.82) is 42.1 Å². The van der Waals surface area contributed by atoms with E-state index < -0.39 is 137 Å². The maximum atomic E-state index is 15.9. The monoisotopic (exact) mass is 836 g/mol. The second-order valence-electron chi connectivity index (χ2n) is 12.1. The Kier molecular flexibility index (Phi) is 10.5. The molecule has 3 aromatic carbocycles. The van der Waals surface area contributed by atoms with Crippen LogP contribution in [0.25, 0.3) is 22.3 Å². The lowest BCUT2D eigenvalue weighted by Gasteiger charge is -2.29. The van der Waals surface area contributed by atoms with E-state index in [-0.39, 0.29) is 0 Å². The smallest absolute Gasteiger partial charge is 0.408 e. The van der Waals surface area contributed by atoms with Crippen LogP contribution in [-0.4, -0.2) is 12.7 Å². The minimum absolute atomic E-state index is 0.553. The molecule has 296 valence electrons. The Bertz CT molecular complexity index is 2810. The molecular formula is C38H8F12N8O2. The van der Waals surface area contributed by atoms with E-state index in [0.29, 0.717) is 24.3 Å².